The lowest BCUT2D eigenvalue weighted by molar-refractivity contribution is -0.142. The van der Waals surface area contributed by atoms with Gasteiger partial charge in [0, 0.05) is 11.6 Å². The summed E-state index contributed by atoms with van der Waals surface area (Å²) in [5.41, 5.74) is 0.215. The smallest absolute Gasteiger partial charge is 0.306 e. The second-order valence-electron chi connectivity index (χ2n) is 4.99. The van der Waals surface area contributed by atoms with Gasteiger partial charge < -0.3 is 10.4 Å². The van der Waals surface area contributed by atoms with Crippen molar-refractivity contribution in [1.82, 2.24) is 5.32 Å². The molecule has 1 amide bonds. The standard InChI is InChI=1S/C14H15ClFNO3/c15-11-6-3-9(7-12(11)16)13(18)17-10-4-1-8(2-5-10)14(19)20/h3,6-8,10H,1-2,4-5H2,(H,17,18)(H,19,20). The Labute approximate surface area is 120 Å². The molecule has 0 bridgehead atoms. The summed E-state index contributed by atoms with van der Waals surface area (Å²) in [5, 5.41) is 11.7. The van der Waals surface area contributed by atoms with Crippen molar-refractivity contribution in [2.75, 3.05) is 0 Å². The topological polar surface area (TPSA) is 66.4 Å². The molecule has 1 aromatic carbocycles. The van der Waals surface area contributed by atoms with Crippen LogP contribution in [0.2, 0.25) is 5.02 Å². The van der Waals surface area contributed by atoms with Gasteiger partial charge in [-0.05, 0) is 43.9 Å². The molecule has 1 aromatic rings. The van der Waals surface area contributed by atoms with Gasteiger partial charge in [0.25, 0.3) is 5.91 Å². The van der Waals surface area contributed by atoms with E-state index in [1.807, 2.05) is 0 Å². The first-order valence-electron chi connectivity index (χ1n) is 6.46. The first kappa shape index (κ1) is 14.8. The molecule has 6 heteroatoms. The molecule has 0 saturated heterocycles. The Morgan fingerprint density at radius 2 is 1.90 bits per heavy atom. The number of benzene rings is 1. The molecule has 1 aliphatic carbocycles. The van der Waals surface area contributed by atoms with Crippen LogP contribution in [0.3, 0.4) is 0 Å². The van der Waals surface area contributed by atoms with Gasteiger partial charge in [0.1, 0.15) is 5.82 Å². The number of halogens is 2. The lowest BCUT2D eigenvalue weighted by Crippen LogP contribution is -2.38. The Hall–Kier alpha value is -1.62. The molecule has 0 spiro atoms. The van der Waals surface area contributed by atoms with E-state index in [1.54, 1.807) is 0 Å². The van der Waals surface area contributed by atoms with Crippen LogP contribution in [-0.4, -0.2) is 23.0 Å². The first-order chi connectivity index (χ1) is 9.47. The fourth-order valence-electron chi connectivity index (χ4n) is 2.39. The number of rotatable bonds is 3. The summed E-state index contributed by atoms with van der Waals surface area (Å²) < 4.78 is 13.3. The minimum Gasteiger partial charge on any atom is -0.481 e. The van der Waals surface area contributed by atoms with Crippen molar-refractivity contribution in [3.63, 3.8) is 0 Å². The van der Waals surface area contributed by atoms with E-state index in [2.05, 4.69) is 5.32 Å². The van der Waals surface area contributed by atoms with E-state index in [9.17, 15) is 14.0 Å². The van der Waals surface area contributed by atoms with Gasteiger partial charge in [-0.25, -0.2) is 4.39 Å². The van der Waals surface area contributed by atoms with E-state index in [0.29, 0.717) is 25.7 Å². The second-order valence-corrected chi connectivity index (χ2v) is 5.40. The molecule has 1 fully saturated rings. The molecule has 20 heavy (non-hydrogen) atoms. The van der Waals surface area contributed by atoms with Crippen molar-refractivity contribution in [2.45, 2.75) is 31.7 Å². The maximum atomic E-state index is 13.3. The van der Waals surface area contributed by atoms with E-state index < -0.39 is 11.8 Å². The lowest BCUT2D eigenvalue weighted by atomic mass is 9.86. The monoisotopic (exact) mass is 299 g/mol. The van der Waals surface area contributed by atoms with Gasteiger partial charge in [-0.15, -0.1) is 0 Å². The Morgan fingerprint density at radius 1 is 1.25 bits per heavy atom. The van der Waals surface area contributed by atoms with E-state index >= 15 is 0 Å². The predicted octanol–water partition coefficient (Wildman–Crippen LogP) is 2.85. The highest BCUT2D eigenvalue weighted by Gasteiger charge is 2.26. The van der Waals surface area contributed by atoms with Crippen molar-refractivity contribution in [2.24, 2.45) is 5.92 Å². The van der Waals surface area contributed by atoms with E-state index in [0.717, 1.165) is 6.07 Å². The zero-order chi connectivity index (χ0) is 14.7. The van der Waals surface area contributed by atoms with Crippen LogP contribution < -0.4 is 5.32 Å². The molecule has 1 aliphatic rings. The molecule has 0 radical (unpaired) electrons. The van der Waals surface area contributed by atoms with E-state index in [1.165, 1.54) is 12.1 Å². The number of carboxylic acid groups (broad SMARTS) is 1. The number of nitrogens with one attached hydrogen (secondary N) is 1. The van der Waals surface area contributed by atoms with Crippen LogP contribution in [0.4, 0.5) is 4.39 Å². The van der Waals surface area contributed by atoms with Crippen molar-refractivity contribution in [3.8, 4) is 0 Å². The molecule has 1 saturated carbocycles. The van der Waals surface area contributed by atoms with Crippen LogP contribution in [-0.2, 0) is 4.79 Å². The number of carbonyl (C=O) groups excluding carboxylic acids is 1. The average molecular weight is 300 g/mol. The van der Waals surface area contributed by atoms with E-state index in [-0.39, 0.29) is 28.5 Å². The first-order valence-corrected chi connectivity index (χ1v) is 6.84. The zero-order valence-electron chi connectivity index (χ0n) is 10.7. The Balaban J connectivity index is 1.92. The highest BCUT2D eigenvalue weighted by Crippen LogP contribution is 2.24. The van der Waals surface area contributed by atoms with Gasteiger partial charge in [0.2, 0.25) is 0 Å². The summed E-state index contributed by atoms with van der Waals surface area (Å²) in [7, 11) is 0. The largest absolute Gasteiger partial charge is 0.481 e. The van der Waals surface area contributed by atoms with Crippen LogP contribution in [0.5, 0.6) is 0 Å². The fraction of sp³-hybridized carbons (Fsp3) is 0.429. The SMILES string of the molecule is O=C(NC1CCC(C(=O)O)CC1)c1ccc(Cl)c(F)c1. The molecular weight excluding hydrogens is 285 g/mol. The van der Waals surface area contributed by atoms with Crippen LogP contribution in [0, 0.1) is 11.7 Å². The van der Waals surface area contributed by atoms with Crippen LogP contribution in [0.25, 0.3) is 0 Å². The highest BCUT2D eigenvalue weighted by atomic mass is 35.5. The van der Waals surface area contributed by atoms with Gasteiger partial charge in [0.05, 0.1) is 10.9 Å². The maximum absolute atomic E-state index is 13.3. The third kappa shape index (κ3) is 3.48. The van der Waals surface area contributed by atoms with Crippen LogP contribution >= 0.6 is 11.6 Å². The molecule has 4 nitrogen and oxygen atoms in total. The third-order valence-electron chi connectivity index (χ3n) is 3.59. The molecule has 0 unspecified atom stereocenters. The summed E-state index contributed by atoms with van der Waals surface area (Å²) >= 11 is 5.56. The molecular formula is C14H15ClFNO3. The molecule has 0 heterocycles. The zero-order valence-corrected chi connectivity index (χ0v) is 11.5. The molecule has 108 valence electrons. The quantitative estimate of drug-likeness (QED) is 0.902. The number of amides is 1. The molecule has 0 aromatic heterocycles. The normalized spacial score (nSPS) is 22.3. The van der Waals surface area contributed by atoms with Crippen molar-refractivity contribution in [3.05, 3.63) is 34.6 Å². The highest BCUT2D eigenvalue weighted by molar-refractivity contribution is 6.30. The third-order valence-corrected chi connectivity index (χ3v) is 3.90. The molecule has 0 atom stereocenters. The van der Waals surface area contributed by atoms with Gasteiger partial charge in [-0.2, -0.15) is 0 Å². The molecule has 2 rings (SSSR count). The summed E-state index contributed by atoms with van der Waals surface area (Å²) in [6.45, 7) is 0. The summed E-state index contributed by atoms with van der Waals surface area (Å²) in [6.07, 6.45) is 2.35. The number of carbonyl (C=O) groups is 2. The molecule has 2 N–H and O–H groups in total. The minimum atomic E-state index is -0.783. The summed E-state index contributed by atoms with van der Waals surface area (Å²) in [4.78, 5) is 22.8. The van der Waals surface area contributed by atoms with Crippen LogP contribution in [0.15, 0.2) is 18.2 Å². The number of carboxylic acids is 1. The second kappa shape index (κ2) is 6.22. The predicted molar refractivity (Wildman–Crippen MR) is 72.3 cm³/mol. The van der Waals surface area contributed by atoms with Gasteiger partial charge in [-0.3, -0.25) is 9.59 Å². The Morgan fingerprint density at radius 3 is 2.45 bits per heavy atom. The van der Waals surface area contributed by atoms with E-state index in [4.69, 9.17) is 16.7 Å². The number of hydrogen-bond acceptors (Lipinski definition) is 2. The Kier molecular flexibility index (Phi) is 4.60. The molecule has 0 aliphatic heterocycles. The minimum absolute atomic E-state index is 0.0245. The summed E-state index contributed by atoms with van der Waals surface area (Å²) in [6, 6.07) is 3.84. The van der Waals surface area contributed by atoms with Crippen molar-refractivity contribution < 1.29 is 19.1 Å². The number of aliphatic carboxylic acids is 1. The van der Waals surface area contributed by atoms with Gasteiger partial charge >= 0.3 is 5.97 Å². The average Bonchev–Trinajstić information content (AvgIpc) is 2.42. The fourth-order valence-corrected chi connectivity index (χ4v) is 2.51. The van der Waals surface area contributed by atoms with Crippen LogP contribution in [0.1, 0.15) is 36.0 Å². The van der Waals surface area contributed by atoms with Gasteiger partial charge in [0.15, 0.2) is 0 Å². The Bertz CT molecular complexity index is 527. The number of hydrogen-bond donors (Lipinski definition) is 2. The maximum Gasteiger partial charge on any atom is 0.306 e. The lowest BCUT2D eigenvalue weighted by Gasteiger charge is -2.26. The van der Waals surface area contributed by atoms with Gasteiger partial charge in [-0.1, -0.05) is 11.6 Å². The van der Waals surface area contributed by atoms with Crippen molar-refractivity contribution in [1.29, 1.82) is 0 Å². The van der Waals surface area contributed by atoms with Crippen molar-refractivity contribution >= 4 is 23.5 Å². The summed E-state index contributed by atoms with van der Waals surface area (Å²) in [5.74, 6) is -2.10.